The lowest BCUT2D eigenvalue weighted by Gasteiger charge is -2.35. The van der Waals surface area contributed by atoms with E-state index in [4.69, 9.17) is 0 Å². The molecule has 1 aliphatic heterocycles. The number of fused-ring (bicyclic) bond motifs is 1. The average Bonchev–Trinajstić information content (AvgIpc) is 2.80. The van der Waals surface area contributed by atoms with Crippen LogP contribution in [0, 0.1) is 0 Å². The summed E-state index contributed by atoms with van der Waals surface area (Å²) < 4.78 is 0. The van der Waals surface area contributed by atoms with E-state index >= 15 is 0 Å². The zero-order chi connectivity index (χ0) is 20.3. The second-order valence-corrected chi connectivity index (χ2v) is 7.48. The van der Waals surface area contributed by atoms with Crippen LogP contribution in [0.4, 0.5) is 11.5 Å². The Morgan fingerprint density at radius 2 is 1.40 bits per heavy atom. The molecule has 0 aliphatic carbocycles. The van der Waals surface area contributed by atoms with Crippen molar-refractivity contribution in [2.45, 2.75) is 6.42 Å². The van der Waals surface area contributed by atoms with Crippen molar-refractivity contribution in [2.75, 3.05) is 29.4 Å². The maximum atomic E-state index is 12.9. The lowest BCUT2D eigenvalue weighted by atomic mass is 10.0. The van der Waals surface area contributed by atoms with E-state index in [9.17, 15) is 4.79 Å². The van der Waals surface area contributed by atoms with E-state index in [-0.39, 0.29) is 5.91 Å². The molecule has 1 aliphatic rings. The molecule has 0 unspecified atom stereocenters. The van der Waals surface area contributed by atoms with Crippen LogP contribution in [0.15, 0.2) is 84.9 Å². The van der Waals surface area contributed by atoms with Crippen LogP contribution < -0.4 is 9.80 Å². The number of aromatic nitrogens is 2. The number of carbonyl (C=O) groups is 1. The molecule has 3 aromatic carbocycles. The summed E-state index contributed by atoms with van der Waals surface area (Å²) in [6.07, 6.45) is 0.731. The van der Waals surface area contributed by atoms with Gasteiger partial charge in [0.25, 0.3) is 0 Å². The zero-order valence-corrected chi connectivity index (χ0v) is 16.6. The standard InChI is InChI=1S/C25H22N4O/c30-24-18-28(15-16-29(24)20-11-5-2-6-12-20)25-22-14-8-7-13-21(22)23(26-27-25)17-19-9-3-1-4-10-19/h1-14H,15-18H2. The lowest BCUT2D eigenvalue weighted by molar-refractivity contribution is -0.117. The number of hydrogen-bond donors (Lipinski definition) is 0. The molecule has 1 amide bonds. The number of hydrogen-bond acceptors (Lipinski definition) is 4. The van der Waals surface area contributed by atoms with Gasteiger partial charge in [0.05, 0.1) is 12.2 Å². The van der Waals surface area contributed by atoms with Gasteiger partial charge in [0.15, 0.2) is 5.82 Å². The number of benzene rings is 3. The Morgan fingerprint density at radius 1 is 0.733 bits per heavy atom. The lowest BCUT2D eigenvalue weighted by Crippen LogP contribution is -2.51. The molecule has 5 heteroatoms. The van der Waals surface area contributed by atoms with Gasteiger partial charge in [0.2, 0.25) is 5.91 Å². The molecule has 4 aromatic rings. The summed E-state index contributed by atoms with van der Waals surface area (Å²) in [5.41, 5.74) is 3.10. The zero-order valence-electron chi connectivity index (χ0n) is 16.6. The number of para-hydroxylation sites is 1. The first-order valence-electron chi connectivity index (χ1n) is 10.2. The highest BCUT2D eigenvalue weighted by molar-refractivity contribution is 6.00. The van der Waals surface area contributed by atoms with E-state index in [0.717, 1.165) is 40.9 Å². The first kappa shape index (κ1) is 18.3. The third kappa shape index (κ3) is 3.50. The van der Waals surface area contributed by atoms with Gasteiger partial charge in [-0.3, -0.25) is 4.79 Å². The Labute approximate surface area is 175 Å². The molecule has 5 nitrogen and oxygen atoms in total. The molecule has 0 atom stereocenters. The Balaban J connectivity index is 1.44. The fourth-order valence-electron chi connectivity index (χ4n) is 4.03. The predicted molar refractivity (Wildman–Crippen MR) is 120 cm³/mol. The minimum atomic E-state index is 0.0756. The summed E-state index contributed by atoms with van der Waals surface area (Å²) in [5.74, 6) is 0.857. The fraction of sp³-hybridized carbons (Fsp3) is 0.160. The summed E-state index contributed by atoms with van der Waals surface area (Å²) in [4.78, 5) is 16.7. The molecule has 0 radical (unpaired) electrons. The molecule has 0 bridgehead atoms. The second-order valence-electron chi connectivity index (χ2n) is 7.48. The molecular formula is C25H22N4O. The maximum absolute atomic E-state index is 12.9. The second kappa shape index (κ2) is 7.95. The molecule has 148 valence electrons. The quantitative estimate of drug-likeness (QED) is 0.523. The highest BCUT2D eigenvalue weighted by Gasteiger charge is 2.27. The Hall–Kier alpha value is -3.73. The van der Waals surface area contributed by atoms with E-state index in [1.807, 2.05) is 70.5 Å². The smallest absolute Gasteiger partial charge is 0.246 e. The Morgan fingerprint density at radius 3 is 2.13 bits per heavy atom. The van der Waals surface area contributed by atoms with Gasteiger partial charge in [-0.1, -0.05) is 72.8 Å². The van der Waals surface area contributed by atoms with Crippen molar-refractivity contribution < 1.29 is 4.79 Å². The summed E-state index contributed by atoms with van der Waals surface area (Å²) in [6.45, 7) is 1.65. The van der Waals surface area contributed by atoms with Gasteiger partial charge in [-0.05, 0) is 17.7 Å². The van der Waals surface area contributed by atoms with Crippen LogP contribution in [-0.2, 0) is 11.2 Å². The maximum Gasteiger partial charge on any atom is 0.246 e. The van der Waals surface area contributed by atoms with E-state index in [0.29, 0.717) is 13.1 Å². The van der Waals surface area contributed by atoms with Gasteiger partial charge >= 0.3 is 0 Å². The molecule has 0 spiro atoms. The van der Waals surface area contributed by atoms with Crippen LogP contribution in [0.1, 0.15) is 11.3 Å². The first-order valence-corrected chi connectivity index (χ1v) is 10.2. The average molecular weight is 394 g/mol. The van der Waals surface area contributed by atoms with Gasteiger partial charge in [0, 0.05) is 36.0 Å². The monoisotopic (exact) mass is 394 g/mol. The topological polar surface area (TPSA) is 49.3 Å². The number of nitrogens with zero attached hydrogens (tertiary/aromatic N) is 4. The number of piperazine rings is 1. The molecule has 5 rings (SSSR count). The van der Waals surface area contributed by atoms with Crippen molar-refractivity contribution in [1.29, 1.82) is 0 Å². The molecule has 1 saturated heterocycles. The predicted octanol–water partition coefficient (Wildman–Crippen LogP) is 4.07. The molecule has 0 N–H and O–H groups in total. The first-order chi connectivity index (χ1) is 14.8. The summed E-state index contributed by atoms with van der Waals surface area (Å²) >= 11 is 0. The van der Waals surface area contributed by atoms with Gasteiger partial charge in [-0.2, -0.15) is 5.10 Å². The van der Waals surface area contributed by atoms with Crippen LogP contribution in [0.5, 0.6) is 0 Å². The minimum Gasteiger partial charge on any atom is -0.343 e. The molecule has 2 heterocycles. The van der Waals surface area contributed by atoms with E-state index in [1.54, 1.807) is 0 Å². The minimum absolute atomic E-state index is 0.0756. The highest BCUT2D eigenvalue weighted by Crippen LogP contribution is 2.28. The van der Waals surface area contributed by atoms with Crippen molar-refractivity contribution in [3.05, 3.63) is 96.2 Å². The van der Waals surface area contributed by atoms with E-state index < -0.39 is 0 Å². The number of amides is 1. The van der Waals surface area contributed by atoms with E-state index in [2.05, 4.69) is 34.5 Å². The largest absolute Gasteiger partial charge is 0.343 e. The van der Waals surface area contributed by atoms with Crippen molar-refractivity contribution >= 4 is 28.2 Å². The van der Waals surface area contributed by atoms with Crippen LogP contribution in [0.3, 0.4) is 0 Å². The number of anilines is 2. The van der Waals surface area contributed by atoms with Gasteiger partial charge in [-0.25, -0.2) is 0 Å². The molecular weight excluding hydrogens is 372 g/mol. The SMILES string of the molecule is O=C1CN(c2nnc(Cc3ccccc3)c3ccccc23)CCN1c1ccccc1. The van der Waals surface area contributed by atoms with Crippen LogP contribution in [-0.4, -0.2) is 35.7 Å². The van der Waals surface area contributed by atoms with Crippen molar-refractivity contribution in [3.8, 4) is 0 Å². The number of carbonyl (C=O) groups excluding carboxylic acids is 1. The van der Waals surface area contributed by atoms with Gasteiger partial charge in [0.1, 0.15) is 0 Å². The highest BCUT2D eigenvalue weighted by atomic mass is 16.2. The Kier molecular flexibility index (Phi) is 4.85. The van der Waals surface area contributed by atoms with Gasteiger partial charge in [-0.15, -0.1) is 5.10 Å². The van der Waals surface area contributed by atoms with Crippen LogP contribution in [0.25, 0.3) is 10.8 Å². The molecule has 1 aromatic heterocycles. The van der Waals surface area contributed by atoms with Gasteiger partial charge < -0.3 is 9.80 Å². The fourth-order valence-corrected chi connectivity index (χ4v) is 4.03. The summed E-state index contributed by atoms with van der Waals surface area (Å²) in [7, 11) is 0. The van der Waals surface area contributed by atoms with Crippen molar-refractivity contribution in [3.63, 3.8) is 0 Å². The van der Waals surface area contributed by atoms with Crippen LogP contribution in [0.2, 0.25) is 0 Å². The Bertz CT molecular complexity index is 1180. The third-order valence-corrected chi connectivity index (χ3v) is 5.55. The van der Waals surface area contributed by atoms with E-state index in [1.165, 1.54) is 5.56 Å². The van der Waals surface area contributed by atoms with Crippen LogP contribution >= 0.6 is 0 Å². The normalized spacial score (nSPS) is 14.3. The summed E-state index contributed by atoms with van der Waals surface area (Å²) in [6, 6.07) is 28.3. The van der Waals surface area contributed by atoms with Crippen molar-refractivity contribution in [1.82, 2.24) is 10.2 Å². The number of rotatable bonds is 4. The third-order valence-electron chi connectivity index (χ3n) is 5.55. The van der Waals surface area contributed by atoms with Crippen molar-refractivity contribution in [2.24, 2.45) is 0 Å². The molecule has 1 fully saturated rings. The summed E-state index contributed by atoms with van der Waals surface area (Å²) in [5, 5.41) is 11.3. The molecule has 30 heavy (non-hydrogen) atoms. The molecule has 0 saturated carbocycles.